The van der Waals surface area contributed by atoms with Crippen LogP contribution in [0.1, 0.15) is 6.42 Å². The molecule has 0 atom stereocenters. The molecule has 0 spiro atoms. The minimum atomic E-state index is -0.532. The molecule has 0 radical (unpaired) electrons. The number of azo groups is 1. The van der Waals surface area contributed by atoms with Crippen LogP contribution in [0.4, 0.5) is 4.79 Å². The summed E-state index contributed by atoms with van der Waals surface area (Å²) in [7, 11) is 0. The van der Waals surface area contributed by atoms with Gasteiger partial charge >= 0.3 is 6.03 Å². The molecule has 2 amide bonds. The Labute approximate surface area is 56.6 Å². The van der Waals surface area contributed by atoms with Gasteiger partial charge in [-0.2, -0.15) is 4.99 Å². The van der Waals surface area contributed by atoms with Crippen molar-refractivity contribution in [3.8, 4) is 0 Å². The van der Waals surface area contributed by atoms with Crippen LogP contribution in [-0.4, -0.2) is 17.7 Å². The summed E-state index contributed by atoms with van der Waals surface area (Å²) in [5, 5.41) is 6.61. The molecule has 5 heteroatoms. The summed E-state index contributed by atoms with van der Waals surface area (Å²) < 4.78 is 0. The van der Waals surface area contributed by atoms with Gasteiger partial charge in [0.2, 0.25) is 0 Å². The number of alkyl halides is 1. The van der Waals surface area contributed by atoms with Crippen LogP contribution in [0.2, 0.25) is 0 Å². The molecule has 0 aromatic rings. The number of carbonyl (C=O) groups is 1. The van der Waals surface area contributed by atoms with E-state index in [9.17, 15) is 4.79 Å². The van der Waals surface area contributed by atoms with Gasteiger partial charge in [-0.05, 0) is 0 Å². The summed E-state index contributed by atoms with van der Waals surface area (Å²) >= 11 is 5.34. The minimum absolute atomic E-state index is 0.422. The van der Waals surface area contributed by atoms with Gasteiger partial charge in [-0.3, -0.25) is 0 Å². The normalized spacial score (nSPS) is 16.6. The monoisotopic (exact) mass is 145 g/mol. The molecule has 0 unspecified atom stereocenters. The Morgan fingerprint density at radius 2 is 2.22 bits per heavy atom. The van der Waals surface area contributed by atoms with E-state index < -0.39 is 6.03 Å². The summed E-state index contributed by atoms with van der Waals surface area (Å²) in [5.74, 6) is 0.848. The van der Waals surface area contributed by atoms with Crippen molar-refractivity contribution in [2.45, 2.75) is 6.42 Å². The number of hydrogen-bond donors (Lipinski definition) is 0. The van der Waals surface area contributed by atoms with Crippen LogP contribution in [0.25, 0.3) is 0 Å². The summed E-state index contributed by atoms with van der Waals surface area (Å²) in [6, 6.07) is -0.532. The van der Waals surface area contributed by atoms with Crippen LogP contribution < -0.4 is 0 Å². The zero-order chi connectivity index (χ0) is 6.69. The molecular formula is C4H4ClN3O. The highest BCUT2D eigenvalue weighted by molar-refractivity contribution is 6.19. The van der Waals surface area contributed by atoms with E-state index in [0.29, 0.717) is 18.1 Å². The number of aliphatic imine (C=N–C) groups is 1. The fourth-order valence-electron chi connectivity index (χ4n) is 0.446. The maximum Gasteiger partial charge on any atom is 0.387 e. The molecule has 1 aliphatic rings. The molecule has 0 aliphatic carbocycles. The molecule has 0 saturated heterocycles. The van der Waals surface area contributed by atoms with Gasteiger partial charge in [0.1, 0.15) is 0 Å². The third kappa shape index (κ3) is 1.57. The van der Waals surface area contributed by atoms with Crippen molar-refractivity contribution in [1.29, 1.82) is 0 Å². The van der Waals surface area contributed by atoms with Crippen molar-refractivity contribution in [1.82, 2.24) is 0 Å². The molecule has 0 aromatic carbocycles. The van der Waals surface area contributed by atoms with E-state index in [1.54, 1.807) is 0 Å². The maximum atomic E-state index is 10.2. The Bertz CT molecular complexity index is 186. The number of urea groups is 1. The average molecular weight is 146 g/mol. The molecule has 9 heavy (non-hydrogen) atoms. The molecule has 0 N–H and O–H groups in total. The highest BCUT2D eigenvalue weighted by atomic mass is 35.5. The third-order valence-corrected chi connectivity index (χ3v) is 0.983. The van der Waals surface area contributed by atoms with Crippen LogP contribution in [0.15, 0.2) is 15.2 Å². The number of halogens is 1. The fourth-order valence-corrected chi connectivity index (χ4v) is 0.615. The standard InChI is InChI=1S/C4H4ClN3O/c5-2-1-3-6-4(9)8-7-3/h1-2H2. The van der Waals surface area contributed by atoms with Gasteiger partial charge in [-0.25, -0.2) is 4.79 Å². The molecule has 0 bridgehead atoms. The Balaban J connectivity index is 2.53. The van der Waals surface area contributed by atoms with Crippen LogP contribution in [-0.2, 0) is 0 Å². The number of carbonyl (C=O) groups excluding carboxylic acids is 1. The predicted molar refractivity (Wildman–Crippen MR) is 33.0 cm³/mol. The second-order valence-corrected chi connectivity index (χ2v) is 1.83. The summed E-state index contributed by atoms with van der Waals surface area (Å²) in [6.07, 6.45) is 0.511. The highest BCUT2D eigenvalue weighted by Gasteiger charge is 2.07. The Kier molecular flexibility index (Phi) is 1.89. The first kappa shape index (κ1) is 6.35. The van der Waals surface area contributed by atoms with Crippen LogP contribution >= 0.6 is 11.6 Å². The van der Waals surface area contributed by atoms with Crippen LogP contribution in [0, 0.1) is 0 Å². The zero-order valence-corrected chi connectivity index (χ0v) is 5.30. The van der Waals surface area contributed by atoms with Gasteiger partial charge in [0.15, 0.2) is 5.84 Å². The van der Waals surface area contributed by atoms with Gasteiger partial charge in [0.05, 0.1) is 0 Å². The molecule has 0 saturated carbocycles. The number of amidine groups is 1. The third-order valence-electron chi connectivity index (χ3n) is 0.794. The van der Waals surface area contributed by atoms with Crippen LogP contribution in [0.5, 0.6) is 0 Å². The van der Waals surface area contributed by atoms with E-state index in [1.807, 2.05) is 0 Å². The molecule has 1 heterocycles. The SMILES string of the molecule is O=C1N=NC(CCCl)=N1. The van der Waals surface area contributed by atoms with E-state index >= 15 is 0 Å². The van der Waals surface area contributed by atoms with Gasteiger partial charge in [0.25, 0.3) is 0 Å². The second-order valence-electron chi connectivity index (χ2n) is 1.45. The van der Waals surface area contributed by atoms with Crippen molar-refractivity contribution >= 4 is 23.5 Å². The summed E-state index contributed by atoms with van der Waals surface area (Å²) in [6.45, 7) is 0. The molecule has 0 fully saturated rings. The van der Waals surface area contributed by atoms with E-state index in [0.717, 1.165) is 0 Å². The van der Waals surface area contributed by atoms with Crippen molar-refractivity contribution in [3.05, 3.63) is 0 Å². The number of amides is 2. The second kappa shape index (κ2) is 2.68. The lowest BCUT2D eigenvalue weighted by Gasteiger charge is -1.83. The maximum absolute atomic E-state index is 10.2. The van der Waals surface area contributed by atoms with E-state index in [1.165, 1.54) is 0 Å². The molecule has 0 aromatic heterocycles. The summed E-state index contributed by atoms with van der Waals surface area (Å²) in [5.41, 5.74) is 0. The lowest BCUT2D eigenvalue weighted by Crippen LogP contribution is -1.90. The van der Waals surface area contributed by atoms with Gasteiger partial charge in [-0.1, -0.05) is 5.11 Å². The van der Waals surface area contributed by atoms with E-state index in [-0.39, 0.29) is 0 Å². The lowest BCUT2D eigenvalue weighted by atomic mass is 10.5. The lowest BCUT2D eigenvalue weighted by molar-refractivity contribution is 0.257. The topological polar surface area (TPSA) is 54.1 Å². The van der Waals surface area contributed by atoms with Crippen LogP contribution in [0.3, 0.4) is 0 Å². The quantitative estimate of drug-likeness (QED) is 0.545. The smallest absolute Gasteiger partial charge is 0.242 e. The first-order valence-corrected chi connectivity index (χ1v) is 2.95. The first-order valence-electron chi connectivity index (χ1n) is 2.42. The van der Waals surface area contributed by atoms with Gasteiger partial charge < -0.3 is 0 Å². The molecular weight excluding hydrogens is 142 g/mol. The van der Waals surface area contributed by atoms with Crippen molar-refractivity contribution < 1.29 is 4.79 Å². The average Bonchev–Trinajstić information content (AvgIpc) is 2.17. The molecule has 1 aliphatic heterocycles. The first-order chi connectivity index (χ1) is 4.33. The number of nitrogens with zero attached hydrogens (tertiary/aromatic N) is 3. The van der Waals surface area contributed by atoms with E-state index in [2.05, 4.69) is 15.2 Å². The number of rotatable bonds is 2. The Morgan fingerprint density at radius 3 is 2.67 bits per heavy atom. The molecule has 1 rings (SSSR count). The van der Waals surface area contributed by atoms with Crippen molar-refractivity contribution in [2.75, 3.05) is 5.88 Å². The Hall–Kier alpha value is -0.770. The Morgan fingerprint density at radius 1 is 1.44 bits per heavy atom. The summed E-state index contributed by atoms with van der Waals surface area (Å²) in [4.78, 5) is 13.7. The van der Waals surface area contributed by atoms with Gasteiger partial charge in [0, 0.05) is 12.3 Å². The fraction of sp³-hybridized carbons (Fsp3) is 0.500. The van der Waals surface area contributed by atoms with Crippen molar-refractivity contribution in [2.24, 2.45) is 15.2 Å². The van der Waals surface area contributed by atoms with E-state index in [4.69, 9.17) is 11.6 Å². The minimum Gasteiger partial charge on any atom is -0.242 e. The molecule has 48 valence electrons. The largest absolute Gasteiger partial charge is 0.387 e. The van der Waals surface area contributed by atoms with Crippen molar-refractivity contribution in [3.63, 3.8) is 0 Å². The zero-order valence-electron chi connectivity index (χ0n) is 4.54. The molecule has 4 nitrogen and oxygen atoms in total. The highest BCUT2D eigenvalue weighted by Crippen LogP contribution is 2.02. The van der Waals surface area contributed by atoms with Gasteiger partial charge in [-0.15, -0.1) is 16.7 Å². The predicted octanol–water partition coefficient (Wildman–Crippen LogP) is 1.60. The number of hydrogen-bond acceptors (Lipinski definition) is 2.